The van der Waals surface area contributed by atoms with Gasteiger partial charge in [0, 0.05) is 17.2 Å². The summed E-state index contributed by atoms with van der Waals surface area (Å²) < 4.78 is 1.79. The first kappa shape index (κ1) is 19.1. The van der Waals surface area contributed by atoms with Gasteiger partial charge in [-0.15, -0.1) is 11.3 Å². The minimum absolute atomic E-state index is 0.0375. The number of hydrogen-bond donors (Lipinski definition) is 1. The van der Waals surface area contributed by atoms with E-state index >= 15 is 0 Å². The smallest absolute Gasteiger partial charge is 0.263 e. The highest BCUT2D eigenvalue weighted by molar-refractivity contribution is 7.99. The third kappa shape index (κ3) is 3.87. The molecule has 2 heterocycles. The van der Waals surface area contributed by atoms with Crippen LogP contribution in [0.2, 0.25) is 0 Å². The summed E-state index contributed by atoms with van der Waals surface area (Å²) >= 11 is 3.17. The predicted molar refractivity (Wildman–Crippen MR) is 111 cm³/mol. The van der Waals surface area contributed by atoms with Crippen LogP contribution in [0.5, 0.6) is 0 Å². The molecule has 0 atom stereocenters. The second-order valence-electron chi connectivity index (χ2n) is 6.38. The van der Waals surface area contributed by atoms with Gasteiger partial charge in [0.15, 0.2) is 5.16 Å². The van der Waals surface area contributed by atoms with Gasteiger partial charge in [0.1, 0.15) is 4.83 Å². The summed E-state index contributed by atoms with van der Waals surface area (Å²) in [6.07, 6.45) is 1.60. The molecule has 2 aromatic heterocycles. The van der Waals surface area contributed by atoms with Crippen molar-refractivity contribution in [3.05, 3.63) is 56.2 Å². The summed E-state index contributed by atoms with van der Waals surface area (Å²) in [5.41, 5.74) is 3.39. The Bertz CT molecular complexity index is 959. The molecule has 0 spiro atoms. The number of aryl methyl sites for hydroxylation is 3. The van der Waals surface area contributed by atoms with Gasteiger partial charge >= 0.3 is 0 Å². The third-order valence-electron chi connectivity index (χ3n) is 4.43. The molecule has 0 saturated carbocycles. The molecule has 0 radical (unpaired) electrons. The van der Waals surface area contributed by atoms with Crippen molar-refractivity contribution in [1.82, 2.24) is 9.55 Å². The van der Waals surface area contributed by atoms with E-state index in [1.807, 2.05) is 6.92 Å². The third-order valence-corrected chi connectivity index (χ3v) is 6.82. The van der Waals surface area contributed by atoms with Gasteiger partial charge in [-0.2, -0.15) is 0 Å². The van der Waals surface area contributed by atoms with E-state index in [0.29, 0.717) is 13.0 Å². The van der Waals surface area contributed by atoms with Gasteiger partial charge in [-0.1, -0.05) is 48.5 Å². The average Bonchev–Trinajstić information content (AvgIpc) is 2.96. The van der Waals surface area contributed by atoms with Crippen LogP contribution in [-0.2, 0) is 13.0 Å². The number of hydrogen-bond acceptors (Lipinski definition) is 5. The average molecular weight is 389 g/mol. The molecule has 0 bridgehead atoms. The summed E-state index contributed by atoms with van der Waals surface area (Å²) in [5, 5.41) is 10.6. The Balaban J connectivity index is 2.11. The lowest BCUT2D eigenvalue weighted by Gasteiger charge is -2.12. The van der Waals surface area contributed by atoms with Gasteiger partial charge in [-0.25, -0.2) is 4.98 Å². The Morgan fingerprint density at radius 2 is 1.96 bits per heavy atom. The van der Waals surface area contributed by atoms with Gasteiger partial charge in [0.25, 0.3) is 5.56 Å². The van der Waals surface area contributed by atoms with E-state index in [1.165, 1.54) is 10.4 Å². The van der Waals surface area contributed by atoms with E-state index in [1.54, 1.807) is 27.7 Å². The highest BCUT2D eigenvalue weighted by atomic mass is 32.2. The molecule has 0 amide bonds. The minimum atomic E-state index is 0.0375. The van der Waals surface area contributed by atoms with Crippen molar-refractivity contribution < 1.29 is 5.11 Å². The Labute approximate surface area is 161 Å². The van der Waals surface area contributed by atoms with E-state index in [9.17, 15) is 4.79 Å². The number of fused-ring (bicyclic) bond motifs is 1. The first-order valence-electron chi connectivity index (χ1n) is 8.87. The number of aliphatic hydroxyl groups is 1. The summed E-state index contributed by atoms with van der Waals surface area (Å²) in [6, 6.07) is 8.25. The lowest BCUT2D eigenvalue weighted by Crippen LogP contribution is -2.24. The van der Waals surface area contributed by atoms with Crippen LogP contribution in [0.25, 0.3) is 10.2 Å². The molecule has 6 heteroatoms. The molecule has 4 nitrogen and oxygen atoms in total. The standard InChI is InChI=1S/C20H24N2O2S2/c1-4-16-14(3)17-18(26-16)21-20(25-11-5-10-23)22(19(17)24)12-15-8-6-13(2)7-9-15/h6-9,23H,4-5,10-12H2,1-3H3. The number of aromatic nitrogens is 2. The molecule has 0 aliphatic carbocycles. The highest BCUT2D eigenvalue weighted by Gasteiger charge is 2.17. The van der Waals surface area contributed by atoms with Gasteiger partial charge in [0.05, 0.1) is 11.9 Å². The zero-order valence-electron chi connectivity index (χ0n) is 15.4. The maximum Gasteiger partial charge on any atom is 0.263 e. The Kier molecular flexibility index (Phi) is 6.16. The van der Waals surface area contributed by atoms with Crippen molar-refractivity contribution >= 4 is 33.3 Å². The molecule has 0 fully saturated rings. The lowest BCUT2D eigenvalue weighted by molar-refractivity contribution is 0.296. The summed E-state index contributed by atoms with van der Waals surface area (Å²) in [4.78, 5) is 20.1. The Morgan fingerprint density at radius 1 is 1.23 bits per heavy atom. The lowest BCUT2D eigenvalue weighted by atomic mass is 10.1. The van der Waals surface area contributed by atoms with E-state index in [0.717, 1.165) is 38.7 Å². The highest BCUT2D eigenvalue weighted by Crippen LogP contribution is 2.29. The van der Waals surface area contributed by atoms with Crippen molar-refractivity contribution in [2.45, 2.75) is 45.3 Å². The first-order chi connectivity index (χ1) is 12.5. The van der Waals surface area contributed by atoms with E-state index in [4.69, 9.17) is 10.1 Å². The van der Waals surface area contributed by atoms with Gasteiger partial charge < -0.3 is 5.11 Å². The number of benzene rings is 1. The fourth-order valence-corrected chi connectivity index (χ4v) is 5.02. The van der Waals surface area contributed by atoms with Crippen molar-refractivity contribution in [3.8, 4) is 0 Å². The number of thiophene rings is 1. The molecule has 3 aromatic rings. The van der Waals surface area contributed by atoms with E-state index < -0.39 is 0 Å². The Hall–Kier alpha value is -1.63. The molecule has 1 N–H and O–H groups in total. The second kappa shape index (κ2) is 8.37. The Morgan fingerprint density at radius 3 is 2.62 bits per heavy atom. The number of rotatable bonds is 7. The molecule has 26 heavy (non-hydrogen) atoms. The zero-order chi connectivity index (χ0) is 18.7. The predicted octanol–water partition coefficient (Wildman–Crippen LogP) is 4.16. The van der Waals surface area contributed by atoms with Crippen molar-refractivity contribution in [3.63, 3.8) is 0 Å². The summed E-state index contributed by atoms with van der Waals surface area (Å²) in [6.45, 7) is 6.85. The fourth-order valence-electron chi connectivity index (χ4n) is 2.93. The van der Waals surface area contributed by atoms with Crippen LogP contribution in [-0.4, -0.2) is 27.0 Å². The molecule has 0 aliphatic rings. The normalized spacial score (nSPS) is 11.4. The molecule has 0 saturated heterocycles. The molecular formula is C20H24N2O2S2. The molecule has 0 aliphatic heterocycles. The van der Waals surface area contributed by atoms with Crippen LogP contribution in [0, 0.1) is 13.8 Å². The molecule has 138 valence electrons. The van der Waals surface area contributed by atoms with Crippen LogP contribution in [0.1, 0.15) is 34.9 Å². The van der Waals surface area contributed by atoms with Crippen LogP contribution < -0.4 is 5.56 Å². The first-order valence-corrected chi connectivity index (χ1v) is 10.7. The van der Waals surface area contributed by atoms with Crippen LogP contribution in [0.4, 0.5) is 0 Å². The van der Waals surface area contributed by atoms with Crippen LogP contribution in [0.3, 0.4) is 0 Å². The molecule has 3 rings (SSSR count). The van der Waals surface area contributed by atoms with Crippen LogP contribution in [0.15, 0.2) is 34.2 Å². The zero-order valence-corrected chi connectivity index (χ0v) is 17.0. The topological polar surface area (TPSA) is 55.1 Å². The van der Waals surface area contributed by atoms with Crippen molar-refractivity contribution in [1.29, 1.82) is 0 Å². The summed E-state index contributed by atoms with van der Waals surface area (Å²) in [5.74, 6) is 0.743. The van der Waals surface area contributed by atoms with Crippen LogP contribution >= 0.6 is 23.1 Å². The van der Waals surface area contributed by atoms with Gasteiger partial charge in [-0.05, 0) is 37.8 Å². The maximum absolute atomic E-state index is 13.3. The van der Waals surface area contributed by atoms with E-state index in [2.05, 4.69) is 38.1 Å². The van der Waals surface area contributed by atoms with Crippen molar-refractivity contribution in [2.24, 2.45) is 0 Å². The molecule has 1 aromatic carbocycles. The van der Waals surface area contributed by atoms with E-state index in [-0.39, 0.29) is 12.2 Å². The van der Waals surface area contributed by atoms with Crippen molar-refractivity contribution in [2.75, 3.05) is 12.4 Å². The second-order valence-corrected chi connectivity index (χ2v) is 8.53. The maximum atomic E-state index is 13.3. The minimum Gasteiger partial charge on any atom is -0.396 e. The quantitative estimate of drug-likeness (QED) is 0.375. The largest absolute Gasteiger partial charge is 0.396 e. The van der Waals surface area contributed by atoms with Gasteiger partial charge in [-0.3, -0.25) is 9.36 Å². The number of nitrogens with zero attached hydrogens (tertiary/aromatic N) is 2. The summed E-state index contributed by atoms with van der Waals surface area (Å²) in [7, 11) is 0. The SMILES string of the molecule is CCc1sc2nc(SCCCO)n(Cc3ccc(C)cc3)c(=O)c2c1C. The molecule has 0 unspecified atom stereocenters. The van der Waals surface area contributed by atoms with Gasteiger partial charge in [0.2, 0.25) is 0 Å². The molecular weight excluding hydrogens is 364 g/mol. The fraction of sp³-hybridized carbons (Fsp3) is 0.400. The number of thioether (sulfide) groups is 1. The number of aliphatic hydroxyl groups excluding tert-OH is 1. The monoisotopic (exact) mass is 388 g/mol.